The van der Waals surface area contributed by atoms with Crippen molar-refractivity contribution in [3.8, 4) is 0 Å². The van der Waals surface area contributed by atoms with Crippen LogP contribution in [0.15, 0.2) is 30.3 Å². The molecule has 2 heterocycles. The average Bonchev–Trinajstić information content (AvgIpc) is 3.23. The van der Waals surface area contributed by atoms with E-state index in [0.717, 1.165) is 65.0 Å². The molecule has 0 aromatic heterocycles. The molecule has 5 nitrogen and oxygen atoms in total. The van der Waals surface area contributed by atoms with E-state index >= 15 is 0 Å². The van der Waals surface area contributed by atoms with Crippen LogP contribution in [0, 0.1) is 5.92 Å². The number of benzene rings is 1. The van der Waals surface area contributed by atoms with E-state index in [1.807, 2.05) is 23.1 Å². The Balaban J connectivity index is 1.42. The standard InChI is InChI=1S/C23H35N3O2/c1-3-24(4-2)21-14-17-26(18-21)23(28)20-12-15-25(16-13-20)22(27)11-10-19-8-6-5-7-9-19/h5-9,20-21H,3-4,10-18H2,1-2H3/t21-/m0/s1. The van der Waals surface area contributed by atoms with Gasteiger partial charge < -0.3 is 9.80 Å². The molecule has 1 aromatic rings. The van der Waals surface area contributed by atoms with Gasteiger partial charge in [-0.3, -0.25) is 14.5 Å². The number of amides is 2. The number of carbonyl (C=O) groups excluding carboxylic acids is 2. The van der Waals surface area contributed by atoms with Crippen LogP contribution in [0.2, 0.25) is 0 Å². The molecule has 0 bridgehead atoms. The van der Waals surface area contributed by atoms with Crippen molar-refractivity contribution in [2.75, 3.05) is 39.3 Å². The van der Waals surface area contributed by atoms with Crippen LogP contribution in [0.3, 0.4) is 0 Å². The average molecular weight is 386 g/mol. The van der Waals surface area contributed by atoms with Gasteiger partial charge in [0.25, 0.3) is 0 Å². The van der Waals surface area contributed by atoms with Crippen LogP contribution in [-0.2, 0) is 16.0 Å². The van der Waals surface area contributed by atoms with Gasteiger partial charge in [0.1, 0.15) is 0 Å². The summed E-state index contributed by atoms with van der Waals surface area (Å²) in [6.45, 7) is 9.68. The summed E-state index contributed by atoms with van der Waals surface area (Å²) in [6, 6.07) is 10.7. The minimum Gasteiger partial charge on any atom is -0.343 e. The van der Waals surface area contributed by atoms with E-state index in [0.29, 0.717) is 18.4 Å². The highest BCUT2D eigenvalue weighted by Crippen LogP contribution is 2.24. The lowest BCUT2D eigenvalue weighted by atomic mass is 9.95. The Morgan fingerprint density at radius 3 is 2.25 bits per heavy atom. The van der Waals surface area contributed by atoms with Gasteiger partial charge in [0.2, 0.25) is 11.8 Å². The summed E-state index contributed by atoms with van der Waals surface area (Å²) in [7, 11) is 0. The summed E-state index contributed by atoms with van der Waals surface area (Å²) in [4.78, 5) is 31.9. The van der Waals surface area contributed by atoms with E-state index in [1.54, 1.807) is 0 Å². The topological polar surface area (TPSA) is 43.9 Å². The summed E-state index contributed by atoms with van der Waals surface area (Å²) >= 11 is 0. The molecule has 5 heteroatoms. The van der Waals surface area contributed by atoms with Crippen molar-refractivity contribution < 1.29 is 9.59 Å². The molecule has 2 saturated heterocycles. The fourth-order valence-electron chi connectivity index (χ4n) is 4.67. The monoisotopic (exact) mass is 385 g/mol. The molecule has 0 radical (unpaired) electrons. The number of carbonyl (C=O) groups is 2. The Kier molecular flexibility index (Phi) is 7.49. The quantitative estimate of drug-likeness (QED) is 0.725. The third-order valence-corrected chi connectivity index (χ3v) is 6.47. The van der Waals surface area contributed by atoms with Gasteiger partial charge in [-0.25, -0.2) is 0 Å². The van der Waals surface area contributed by atoms with Crippen LogP contribution < -0.4 is 0 Å². The zero-order chi connectivity index (χ0) is 19.9. The van der Waals surface area contributed by atoms with Gasteiger partial charge in [0, 0.05) is 44.6 Å². The number of hydrogen-bond donors (Lipinski definition) is 0. The first-order chi connectivity index (χ1) is 13.6. The van der Waals surface area contributed by atoms with E-state index in [9.17, 15) is 9.59 Å². The minimum atomic E-state index is 0.0913. The molecule has 154 valence electrons. The second-order valence-electron chi connectivity index (χ2n) is 8.09. The summed E-state index contributed by atoms with van der Waals surface area (Å²) in [5.74, 6) is 0.622. The third-order valence-electron chi connectivity index (χ3n) is 6.47. The molecular formula is C23H35N3O2. The number of nitrogens with zero attached hydrogens (tertiary/aromatic N) is 3. The summed E-state index contributed by atoms with van der Waals surface area (Å²) < 4.78 is 0. The Bertz CT molecular complexity index is 637. The maximum absolute atomic E-state index is 12.9. The molecule has 2 aliphatic heterocycles. The molecule has 2 amide bonds. The van der Waals surface area contributed by atoms with Crippen LogP contribution in [0.5, 0.6) is 0 Å². The summed E-state index contributed by atoms with van der Waals surface area (Å²) in [5.41, 5.74) is 1.21. The van der Waals surface area contributed by atoms with Crippen molar-refractivity contribution in [3.63, 3.8) is 0 Å². The zero-order valence-electron chi connectivity index (χ0n) is 17.5. The Labute approximate surface area is 169 Å². The van der Waals surface area contributed by atoms with E-state index in [4.69, 9.17) is 0 Å². The van der Waals surface area contributed by atoms with Crippen molar-refractivity contribution >= 4 is 11.8 Å². The van der Waals surface area contributed by atoms with Crippen molar-refractivity contribution in [3.05, 3.63) is 35.9 Å². The maximum Gasteiger partial charge on any atom is 0.225 e. The van der Waals surface area contributed by atoms with Crippen LogP contribution in [0.4, 0.5) is 0 Å². The second kappa shape index (κ2) is 10.1. The highest BCUT2D eigenvalue weighted by molar-refractivity contribution is 5.80. The van der Waals surface area contributed by atoms with Gasteiger partial charge in [0.15, 0.2) is 0 Å². The smallest absolute Gasteiger partial charge is 0.225 e. The van der Waals surface area contributed by atoms with Gasteiger partial charge in [-0.15, -0.1) is 0 Å². The lowest BCUT2D eigenvalue weighted by Crippen LogP contribution is -2.45. The molecule has 0 unspecified atom stereocenters. The second-order valence-corrected chi connectivity index (χ2v) is 8.09. The fraction of sp³-hybridized carbons (Fsp3) is 0.652. The number of piperidine rings is 1. The van der Waals surface area contributed by atoms with Gasteiger partial charge in [-0.2, -0.15) is 0 Å². The third kappa shape index (κ3) is 5.13. The SMILES string of the molecule is CCN(CC)[C@H]1CCN(C(=O)C2CCN(C(=O)CCc3ccccc3)CC2)C1. The van der Waals surface area contributed by atoms with Gasteiger partial charge in [-0.05, 0) is 44.3 Å². The van der Waals surface area contributed by atoms with E-state index in [-0.39, 0.29) is 11.8 Å². The molecule has 0 N–H and O–H groups in total. The highest BCUT2D eigenvalue weighted by Gasteiger charge is 2.34. The number of rotatable bonds is 7. The summed E-state index contributed by atoms with van der Waals surface area (Å²) in [6.07, 6.45) is 4.05. The predicted octanol–water partition coefficient (Wildman–Crippen LogP) is 2.80. The molecule has 2 aliphatic rings. The van der Waals surface area contributed by atoms with Crippen molar-refractivity contribution in [2.24, 2.45) is 5.92 Å². The molecular weight excluding hydrogens is 350 g/mol. The van der Waals surface area contributed by atoms with Gasteiger partial charge >= 0.3 is 0 Å². The molecule has 28 heavy (non-hydrogen) atoms. The Morgan fingerprint density at radius 2 is 1.61 bits per heavy atom. The molecule has 0 spiro atoms. The first-order valence-electron chi connectivity index (χ1n) is 11.0. The lowest BCUT2D eigenvalue weighted by molar-refractivity contribution is -0.140. The van der Waals surface area contributed by atoms with Gasteiger partial charge in [0.05, 0.1) is 0 Å². The van der Waals surface area contributed by atoms with Crippen molar-refractivity contribution in [2.45, 2.75) is 52.0 Å². The molecule has 2 fully saturated rings. The van der Waals surface area contributed by atoms with Crippen molar-refractivity contribution in [1.29, 1.82) is 0 Å². The number of hydrogen-bond acceptors (Lipinski definition) is 3. The van der Waals surface area contributed by atoms with E-state index in [2.05, 4.69) is 35.8 Å². The fourth-order valence-corrected chi connectivity index (χ4v) is 4.67. The molecule has 0 aliphatic carbocycles. The molecule has 3 rings (SSSR count). The highest BCUT2D eigenvalue weighted by atomic mass is 16.2. The van der Waals surface area contributed by atoms with E-state index < -0.39 is 0 Å². The lowest BCUT2D eigenvalue weighted by Gasteiger charge is -2.33. The van der Waals surface area contributed by atoms with Crippen LogP contribution >= 0.6 is 0 Å². The zero-order valence-corrected chi connectivity index (χ0v) is 17.5. The maximum atomic E-state index is 12.9. The normalized spacial score (nSPS) is 20.8. The molecule has 1 aromatic carbocycles. The number of likely N-dealkylation sites (tertiary alicyclic amines) is 2. The molecule has 0 saturated carbocycles. The van der Waals surface area contributed by atoms with Gasteiger partial charge in [-0.1, -0.05) is 44.2 Å². The largest absolute Gasteiger partial charge is 0.343 e. The minimum absolute atomic E-state index is 0.0913. The predicted molar refractivity (Wildman–Crippen MR) is 112 cm³/mol. The Morgan fingerprint density at radius 1 is 0.964 bits per heavy atom. The number of likely N-dealkylation sites (N-methyl/N-ethyl adjacent to an activating group) is 1. The number of aryl methyl sites for hydroxylation is 1. The first kappa shape index (κ1) is 20.8. The van der Waals surface area contributed by atoms with Crippen LogP contribution in [-0.4, -0.2) is 71.8 Å². The Hall–Kier alpha value is -1.88. The van der Waals surface area contributed by atoms with Crippen molar-refractivity contribution in [1.82, 2.24) is 14.7 Å². The van der Waals surface area contributed by atoms with Crippen LogP contribution in [0.25, 0.3) is 0 Å². The van der Waals surface area contributed by atoms with Crippen LogP contribution in [0.1, 0.15) is 45.1 Å². The summed E-state index contributed by atoms with van der Waals surface area (Å²) in [5, 5.41) is 0. The molecule has 1 atom stereocenters. The first-order valence-corrected chi connectivity index (χ1v) is 11.0. The van der Waals surface area contributed by atoms with E-state index in [1.165, 1.54) is 5.56 Å².